The molecule has 1 aliphatic heterocycles. The fraction of sp³-hybridized carbons (Fsp3) is 0.727. The largest absolute Gasteiger partial charge is 0.474 e. The molecule has 2 fully saturated rings. The van der Waals surface area contributed by atoms with Crippen LogP contribution in [-0.2, 0) is 11.3 Å². The maximum Gasteiger partial charge on any atom is 0.213 e. The zero-order valence-corrected chi connectivity index (χ0v) is 20.4. The Bertz CT molecular complexity index is 629. The van der Waals surface area contributed by atoms with Crippen molar-refractivity contribution in [3.8, 4) is 5.88 Å². The Hall–Kier alpha value is -1.09. The Morgan fingerprint density at radius 2 is 2.10 bits per heavy atom. The molecule has 3 rings (SSSR count). The average Bonchev–Trinajstić information content (AvgIpc) is 3.20. The summed E-state index contributed by atoms with van der Waals surface area (Å²) in [5.41, 5.74) is 1.13. The lowest BCUT2D eigenvalue weighted by Crippen LogP contribution is -2.41. The van der Waals surface area contributed by atoms with Gasteiger partial charge < -0.3 is 19.7 Å². The van der Waals surface area contributed by atoms with Crippen molar-refractivity contribution in [2.45, 2.75) is 58.6 Å². The Balaban J connectivity index is 0.00000300. The molecule has 1 saturated heterocycles. The highest BCUT2D eigenvalue weighted by Gasteiger charge is 2.20. The zero-order chi connectivity index (χ0) is 19.8. The monoisotopic (exact) mass is 516 g/mol. The van der Waals surface area contributed by atoms with Crippen LogP contribution in [0.25, 0.3) is 0 Å². The summed E-state index contributed by atoms with van der Waals surface area (Å²) in [5, 5.41) is 3.40. The zero-order valence-electron chi connectivity index (χ0n) is 18.1. The smallest absolute Gasteiger partial charge is 0.213 e. The number of nitrogens with zero attached hydrogens (tertiary/aromatic N) is 3. The average molecular weight is 516 g/mol. The second kappa shape index (κ2) is 12.6. The minimum Gasteiger partial charge on any atom is -0.474 e. The van der Waals surface area contributed by atoms with Gasteiger partial charge >= 0.3 is 0 Å². The molecule has 0 spiro atoms. The van der Waals surface area contributed by atoms with Crippen molar-refractivity contribution < 1.29 is 9.47 Å². The normalized spacial score (nSPS) is 24.7. The van der Waals surface area contributed by atoms with Crippen LogP contribution in [-0.4, -0.2) is 55.3 Å². The van der Waals surface area contributed by atoms with E-state index < -0.39 is 0 Å². The molecule has 1 N–H and O–H groups in total. The van der Waals surface area contributed by atoms with Gasteiger partial charge in [-0.1, -0.05) is 6.92 Å². The quantitative estimate of drug-likeness (QED) is 0.336. The third kappa shape index (κ3) is 7.92. The molecule has 1 unspecified atom stereocenters. The van der Waals surface area contributed by atoms with Crippen LogP contribution in [0.1, 0.15) is 51.5 Å². The number of nitrogens with one attached hydrogen (secondary N) is 1. The molecule has 0 amide bonds. The summed E-state index contributed by atoms with van der Waals surface area (Å²) in [6, 6.07) is 4.06. The fourth-order valence-corrected chi connectivity index (χ4v) is 3.97. The Labute approximate surface area is 192 Å². The number of rotatable bonds is 7. The molecule has 0 aromatic carbocycles. The first-order valence-electron chi connectivity index (χ1n) is 10.8. The highest BCUT2D eigenvalue weighted by molar-refractivity contribution is 14.0. The van der Waals surface area contributed by atoms with Crippen LogP contribution in [0.2, 0.25) is 0 Å². The van der Waals surface area contributed by atoms with Crippen LogP contribution >= 0.6 is 24.0 Å². The first-order chi connectivity index (χ1) is 13.6. The van der Waals surface area contributed by atoms with Gasteiger partial charge in [-0.3, -0.25) is 0 Å². The maximum atomic E-state index is 6.14. The predicted octanol–water partition coefficient (Wildman–Crippen LogP) is 4.09. The maximum absolute atomic E-state index is 6.14. The second-order valence-electron chi connectivity index (χ2n) is 8.28. The van der Waals surface area contributed by atoms with Gasteiger partial charge in [0, 0.05) is 44.9 Å². The molecule has 29 heavy (non-hydrogen) atoms. The molecule has 2 heterocycles. The molecule has 2 aliphatic rings. The number of aromatic nitrogens is 1. The molecule has 1 aromatic rings. The highest BCUT2D eigenvalue weighted by Crippen LogP contribution is 2.26. The van der Waals surface area contributed by atoms with Crippen LogP contribution in [0, 0.1) is 11.8 Å². The van der Waals surface area contributed by atoms with Crippen molar-refractivity contribution in [1.82, 2.24) is 15.2 Å². The van der Waals surface area contributed by atoms with Gasteiger partial charge in [0.05, 0.1) is 13.2 Å². The van der Waals surface area contributed by atoms with Gasteiger partial charge in [-0.15, -0.1) is 24.0 Å². The SMILES string of the molecule is CCNC(=NCc1ccnc(OC2CCC(C)CC2)c1)N(C)CC1CCOC1.I. The lowest BCUT2D eigenvalue weighted by Gasteiger charge is -2.26. The molecule has 7 heteroatoms. The number of hydrogen-bond acceptors (Lipinski definition) is 4. The number of ether oxygens (including phenoxy) is 2. The molecule has 6 nitrogen and oxygen atoms in total. The summed E-state index contributed by atoms with van der Waals surface area (Å²) in [7, 11) is 2.10. The van der Waals surface area contributed by atoms with Gasteiger partial charge in [0.2, 0.25) is 5.88 Å². The minimum absolute atomic E-state index is 0. The Morgan fingerprint density at radius 3 is 2.79 bits per heavy atom. The van der Waals surface area contributed by atoms with Crippen molar-refractivity contribution in [2.24, 2.45) is 16.8 Å². The van der Waals surface area contributed by atoms with E-state index in [1.54, 1.807) is 0 Å². The summed E-state index contributed by atoms with van der Waals surface area (Å²) >= 11 is 0. The molecular weight excluding hydrogens is 479 g/mol. The lowest BCUT2D eigenvalue weighted by molar-refractivity contribution is 0.130. The van der Waals surface area contributed by atoms with E-state index in [0.717, 1.165) is 68.9 Å². The van der Waals surface area contributed by atoms with Gasteiger partial charge in [0.25, 0.3) is 0 Å². The van der Waals surface area contributed by atoms with E-state index in [1.807, 2.05) is 18.3 Å². The number of guanidine groups is 1. The summed E-state index contributed by atoms with van der Waals surface area (Å²) in [4.78, 5) is 11.5. The third-order valence-electron chi connectivity index (χ3n) is 5.71. The number of hydrogen-bond donors (Lipinski definition) is 1. The van der Waals surface area contributed by atoms with Crippen LogP contribution in [0.5, 0.6) is 5.88 Å². The van der Waals surface area contributed by atoms with Gasteiger partial charge in [-0.05, 0) is 56.6 Å². The van der Waals surface area contributed by atoms with E-state index in [2.05, 4.69) is 36.1 Å². The Kier molecular flexibility index (Phi) is 10.5. The number of halogens is 1. The van der Waals surface area contributed by atoms with Crippen molar-refractivity contribution in [3.05, 3.63) is 23.9 Å². The van der Waals surface area contributed by atoms with E-state index in [4.69, 9.17) is 14.5 Å². The Morgan fingerprint density at radius 1 is 1.31 bits per heavy atom. The van der Waals surface area contributed by atoms with Crippen LogP contribution in [0.15, 0.2) is 23.3 Å². The summed E-state index contributed by atoms with van der Waals surface area (Å²) in [6.07, 6.45) is 8.03. The summed E-state index contributed by atoms with van der Waals surface area (Å²) in [6.45, 7) is 8.61. The summed E-state index contributed by atoms with van der Waals surface area (Å²) in [5.74, 6) is 3.09. The van der Waals surface area contributed by atoms with Gasteiger partial charge in [0.15, 0.2) is 5.96 Å². The molecule has 0 bridgehead atoms. The predicted molar refractivity (Wildman–Crippen MR) is 128 cm³/mol. The standard InChI is InChI=1S/C22H36N4O2.HI/c1-4-23-22(26(3)15-19-10-12-27-16-19)25-14-18-9-11-24-21(13-18)28-20-7-5-17(2)6-8-20;/h9,11,13,17,19-20H,4-8,10,12,14-16H2,1-3H3,(H,23,25);1H. The first kappa shape index (κ1) is 24.2. The third-order valence-corrected chi connectivity index (χ3v) is 5.71. The van der Waals surface area contributed by atoms with Gasteiger partial charge in [0.1, 0.15) is 6.10 Å². The van der Waals surface area contributed by atoms with E-state index in [9.17, 15) is 0 Å². The van der Waals surface area contributed by atoms with Crippen LogP contribution in [0.3, 0.4) is 0 Å². The summed E-state index contributed by atoms with van der Waals surface area (Å²) < 4.78 is 11.6. The van der Waals surface area contributed by atoms with E-state index in [0.29, 0.717) is 18.6 Å². The first-order valence-corrected chi connectivity index (χ1v) is 10.8. The molecule has 164 valence electrons. The van der Waals surface area contributed by atoms with Gasteiger partial charge in [-0.2, -0.15) is 0 Å². The molecule has 1 aliphatic carbocycles. The van der Waals surface area contributed by atoms with Crippen molar-refractivity contribution >= 4 is 29.9 Å². The molecule has 1 saturated carbocycles. The molecular formula is C22H37IN4O2. The lowest BCUT2D eigenvalue weighted by atomic mass is 9.89. The van der Waals surface area contributed by atoms with E-state index in [-0.39, 0.29) is 24.0 Å². The van der Waals surface area contributed by atoms with Crippen LogP contribution in [0.4, 0.5) is 0 Å². The topological polar surface area (TPSA) is 59.0 Å². The number of pyridine rings is 1. The molecule has 1 atom stereocenters. The second-order valence-corrected chi connectivity index (χ2v) is 8.28. The van der Waals surface area contributed by atoms with E-state index >= 15 is 0 Å². The van der Waals surface area contributed by atoms with Crippen molar-refractivity contribution in [2.75, 3.05) is 33.4 Å². The minimum atomic E-state index is 0. The van der Waals surface area contributed by atoms with Gasteiger partial charge in [-0.25, -0.2) is 9.98 Å². The molecule has 0 radical (unpaired) electrons. The highest BCUT2D eigenvalue weighted by atomic mass is 127. The van der Waals surface area contributed by atoms with Crippen molar-refractivity contribution in [3.63, 3.8) is 0 Å². The molecule has 1 aromatic heterocycles. The number of aliphatic imine (C=N–C) groups is 1. The fourth-order valence-electron chi connectivity index (χ4n) is 3.97. The van der Waals surface area contributed by atoms with Crippen LogP contribution < -0.4 is 10.1 Å². The van der Waals surface area contributed by atoms with Crippen molar-refractivity contribution in [1.29, 1.82) is 0 Å². The van der Waals surface area contributed by atoms with E-state index in [1.165, 1.54) is 12.8 Å².